The highest BCUT2D eigenvalue weighted by molar-refractivity contribution is 5.82. The van der Waals surface area contributed by atoms with Gasteiger partial charge >= 0.3 is 5.97 Å². The minimum Gasteiger partial charge on any atom is -0.493 e. The van der Waals surface area contributed by atoms with Gasteiger partial charge in [0.05, 0.1) is 19.6 Å². The van der Waals surface area contributed by atoms with Gasteiger partial charge in [-0.05, 0) is 11.6 Å². The Bertz CT molecular complexity index is 776. The lowest BCUT2D eigenvalue weighted by Gasteiger charge is -2.30. The summed E-state index contributed by atoms with van der Waals surface area (Å²) in [6.45, 7) is -0.275. The number of rotatable bonds is 6. The van der Waals surface area contributed by atoms with E-state index in [-0.39, 0.29) is 12.4 Å². The number of nitrogens with zero attached hydrogens (tertiary/aromatic N) is 1. The molecule has 2 aromatic rings. The Hall–Kier alpha value is -2.93. The molecular formula is C18H17NO6. The first-order valence-electron chi connectivity index (χ1n) is 7.76. The quantitative estimate of drug-likeness (QED) is 0.347. The zero-order valence-corrected chi connectivity index (χ0v) is 13.6. The molecule has 25 heavy (non-hydrogen) atoms. The van der Waals surface area contributed by atoms with Crippen molar-refractivity contribution in [2.75, 3.05) is 13.7 Å². The molecule has 0 N–H and O–H groups in total. The van der Waals surface area contributed by atoms with Crippen LogP contribution in [0.25, 0.3) is 0 Å². The summed E-state index contributed by atoms with van der Waals surface area (Å²) in [7, 11) is 1.45. The van der Waals surface area contributed by atoms with Crippen molar-refractivity contribution < 1.29 is 23.9 Å². The monoisotopic (exact) mass is 343 g/mol. The van der Waals surface area contributed by atoms with E-state index >= 15 is 0 Å². The van der Waals surface area contributed by atoms with Crippen LogP contribution in [-0.2, 0) is 16.1 Å². The number of benzene rings is 2. The number of ether oxygens (including phenoxy) is 3. The molecule has 2 aromatic carbocycles. The van der Waals surface area contributed by atoms with Crippen LogP contribution in [0.15, 0.2) is 48.5 Å². The predicted octanol–water partition coefficient (Wildman–Crippen LogP) is 2.56. The summed E-state index contributed by atoms with van der Waals surface area (Å²) in [6.07, 6.45) is -1.05. The Morgan fingerprint density at radius 2 is 1.92 bits per heavy atom. The average molecular weight is 343 g/mol. The van der Waals surface area contributed by atoms with Crippen LogP contribution in [0, 0.1) is 10.1 Å². The fourth-order valence-corrected chi connectivity index (χ4v) is 2.88. The molecule has 0 aromatic heterocycles. The molecule has 0 bridgehead atoms. The van der Waals surface area contributed by atoms with Gasteiger partial charge in [0.2, 0.25) is 6.54 Å². The zero-order chi connectivity index (χ0) is 17.8. The Balaban J connectivity index is 1.90. The maximum atomic E-state index is 12.4. The summed E-state index contributed by atoms with van der Waals surface area (Å²) in [6, 6.07) is 14.3. The van der Waals surface area contributed by atoms with Crippen LogP contribution in [0.1, 0.15) is 17.0 Å². The van der Waals surface area contributed by atoms with Crippen molar-refractivity contribution in [3.8, 4) is 11.5 Å². The number of hydrogen-bond donors (Lipinski definition) is 0. The lowest BCUT2D eigenvalue weighted by atomic mass is 9.90. The van der Waals surface area contributed by atoms with Crippen LogP contribution >= 0.6 is 0 Å². The summed E-state index contributed by atoms with van der Waals surface area (Å²) >= 11 is 0. The summed E-state index contributed by atoms with van der Waals surface area (Å²) in [5.41, 5.74) is 1.40. The topological polar surface area (TPSA) is 87.9 Å². The van der Waals surface area contributed by atoms with E-state index in [1.54, 1.807) is 18.2 Å². The lowest BCUT2D eigenvalue weighted by molar-refractivity contribution is -0.485. The van der Waals surface area contributed by atoms with E-state index in [4.69, 9.17) is 14.2 Å². The fraction of sp³-hybridized carbons (Fsp3) is 0.278. The van der Waals surface area contributed by atoms with Gasteiger partial charge in [-0.15, -0.1) is 0 Å². The van der Waals surface area contributed by atoms with Crippen molar-refractivity contribution in [3.05, 3.63) is 69.8 Å². The van der Waals surface area contributed by atoms with E-state index in [9.17, 15) is 14.9 Å². The Morgan fingerprint density at radius 3 is 2.60 bits per heavy atom. The first kappa shape index (κ1) is 16.9. The number of para-hydroxylation sites is 1. The minimum atomic E-state index is -1.05. The van der Waals surface area contributed by atoms with E-state index in [2.05, 4.69) is 0 Å². The molecule has 0 aliphatic carbocycles. The molecule has 2 atom stereocenters. The van der Waals surface area contributed by atoms with E-state index in [1.165, 1.54) is 7.11 Å². The molecule has 1 heterocycles. The summed E-state index contributed by atoms with van der Waals surface area (Å²) in [5.74, 6) is -0.813. The van der Waals surface area contributed by atoms with Crippen LogP contribution in [0.2, 0.25) is 0 Å². The van der Waals surface area contributed by atoms with Crippen molar-refractivity contribution in [1.29, 1.82) is 0 Å². The number of hydrogen-bond acceptors (Lipinski definition) is 6. The second-order valence-electron chi connectivity index (χ2n) is 5.64. The van der Waals surface area contributed by atoms with Gasteiger partial charge < -0.3 is 14.2 Å². The largest absolute Gasteiger partial charge is 0.493 e. The predicted molar refractivity (Wildman–Crippen MR) is 88.3 cm³/mol. The highest BCUT2D eigenvalue weighted by Gasteiger charge is 2.42. The van der Waals surface area contributed by atoms with Crippen LogP contribution in [0.5, 0.6) is 11.5 Å². The molecule has 0 spiro atoms. The molecule has 0 unspecified atom stereocenters. The lowest BCUT2D eigenvalue weighted by Crippen LogP contribution is -2.41. The first-order chi connectivity index (χ1) is 12.1. The Labute approximate surface area is 144 Å². The molecule has 0 amide bonds. The van der Waals surface area contributed by atoms with E-state index in [1.807, 2.05) is 30.3 Å². The van der Waals surface area contributed by atoms with Gasteiger partial charge in [0.15, 0.2) is 17.6 Å². The molecule has 0 fully saturated rings. The van der Waals surface area contributed by atoms with E-state index < -0.39 is 29.5 Å². The standard InChI is InChI=1S/C18H17NO6/c1-23-15-9-5-8-13-14(10-19(21)22)17(18(20)25-16(13)15)24-11-12-6-3-2-4-7-12/h2-9,14,17H,10-11H2,1H3/t14-,17-/m0/s1. The number of methoxy groups -OCH3 is 1. The maximum absolute atomic E-state index is 12.4. The normalized spacial score (nSPS) is 19.0. The Morgan fingerprint density at radius 1 is 1.16 bits per heavy atom. The molecule has 7 nitrogen and oxygen atoms in total. The Kier molecular flexibility index (Phi) is 4.95. The third-order valence-corrected chi connectivity index (χ3v) is 4.05. The van der Waals surface area contributed by atoms with Crippen molar-refractivity contribution in [2.24, 2.45) is 0 Å². The van der Waals surface area contributed by atoms with Crippen LogP contribution in [0.3, 0.4) is 0 Å². The van der Waals surface area contributed by atoms with Gasteiger partial charge in [-0.25, -0.2) is 4.79 Å². The van der Waals surface area contributed by atoms with Gasteiger partial charge in [-0.3, -0.25) is 10.1 Å². The molecule has 0 saturated carbocycles. The number of esters is 1. The molecular weight excluding hydrogens is 326 g/mol. The molecule has 3 rings (SSSR count). The third-order valence-electron chi connectivity index (χ3n) is 4.05. The van der Waals surface area contributed by atoms with Crippen LogP contribution in [0.4, 0.5) is 0 Å². The third kappa shape index (κ3) is 3.61. The summed E-state index contributed by atoms with van der Waals surface area (Å²) in [4.78, 5) is 23.1. The second kappa shape index (κ2) is 7.31. The molecule has 130 valence electrons. The van der Waals surface area contributed by atoms with Crippen molar-refractivity contribution in [2.45, 2.75) is 18.6 Å². The number of carbonyl (C=O) groups excluding carboxylic acids is 1. The number of fused-ring (bicyclic) bond motifs is 1. The fourth-order valence-electron chi connectivity index (χ4n) is 2.88. The molecule has 0 radical (unpaired) electrons. The summed E-state index contributed by atoms with van der Waals surface area (Å²) < 4.78 is 16.3. The highest BCUT2D eigenvalue weighted by Crippen LogP contribution is 2.42. The average Bonchev–Trinajstić information content (AvgIpc) is 2.61. The van der Waals surface area contributed by atoms with Gasteiger partial charge in [-0.1, -0.05) is 42.5 Å². The van der Waals surface area contributed by atoms with Crippen molar-refractivity contribution in [1.82, 2.24) is 0 Å². The smallest absolute Gasteiger partial charge is 0.341 e. The summed E-state index contributed by atoms with van der Waals surface area (Å²) in [5, 5.41) is 11.1. The van der Waals surface area contributed by atoms with Gasteiger partial charge in [0.25, 0.3) is 0 Å². The van der Waals surface area contributed by atoms with Crippen molar-refractivity contribution >= 4 is 5.97 Å². The first-order valence-corrected chi connectivity index (χ1v) is 7.76. The van der Waals surface area contributed by atoms with Gasteiger partial charge in [-0.2, -0.15) is 0 Å². The van der Waals surface area contributed by atoms with Gasteiger partial charge in [0, 0.05) is 10.5 Å². The van der Waals surface area contributed by atoms with E-state index in [0.717, 1.165) is 5.56 Å². The zero-order valence-electron chi connectivity index (χ0n) is 13.6. The molecule has 7 heteroatoms. The van der Waals surface area contributed by atoms with Crippen molar-refractivity contribution in [3.63, 3.8) is 0 Å². The number of carbonyl (C=O) groups is 1. The molecule has 1 aliphatic rings. The van der Waals surface area contributed by atoms with E-state index in [0.29, 0.717) is 11.3 Å². The highest BCUT2D eigenvalue weighted by atomic mass is 16.6. The second-order valence-corrected chi connectivity index (χ2v) is 5.64. The minimum absolute atomic E-state index is 0.161. The molecule has 1 aliphatic heterocycles. The van der Waals surface area contributed by atoms with Gasteiger partial charge in [0.1, 0.15) is 0 Å². The number of nitro groups is 1. The van der Waals surface area contributed by atoms with Crippen LogP contribution < -0.4 is 9.47 Å². The van der Waals surface area contributed by atoms with Crippen LogP contribution in [-0.4, -0.2) is 30.7 Å². The maximum Gasteiger partial charge on any atom is 0.341 e. The molecule has 0 saturated heterocycles. The SMILES string of the molecule is COc1cccc2c1OC(=O)[C@@H](OCc1ccccc1)[C@H]2C[N+](=O)[O-].